The summed E-state index contributed by atoms with van der Waals surface area (Å²) in [4.78, 5) is 32.3. The quantitative estimate of drug-likeness (QED) is 0.209. The lowest BCUT2D eigenvalue weighted by Crippen LogP contribution is -2.32. The summed E-state index contributed by atoms with van der Waals surface area (Å²) in [6.45, 7) is 1.78. The maximum atomic E-state index is 13.3. The molecule has 0 aliphatic heterocycles. The number of anilines is 1. The second-order valence-corrected chi connectivity index (χ2v) is 11.1. The number of nitrogens with zero attached hydrogens (tertiary/aromatic N) is 2. The van der Waals surface area contributed by atoms with Crippen molar-refractivity contribution < 1.29 is 18.7 Å². The maximum Gasteiger partial charge on any atom is 0.339 e. The highest BCUT2D eigenvalue weighted by atomic mass is 32.1. The van der Waals surface area contributed by atoms with Gasteiger partial charge in [-0.2, -0.15) is 5.26 Å². The van der Waals surface area contributed by atoms with E-state index in [2.05, 4.69) is 28.5 Å². The molecule has 1 N–H and O–H groups in total. The van der Waals surface area contributed by atoms with Crippen LogP contribution in [0.15, 0.2) is 83.3 Å². The van der Waals surface area contributed by atoms with Crippen molar-refractivity contribution in [3.63, 3.8) is 0 Å². The van der Waals surface area contributed by atoms with Gasteiger partial charge in [-0.25, -0.2) is 9.78 Å². The molecule has 0 radical (unpaired) electrons. The summed E-state index contributed by atoms with van der Waals surface area (Å²) in [6, 6.07) is 26.9. The van der Waals surface area contributed by atoms with Crippen molar-refractivity contribution in [2.75, 3.05) is 5.32 Å². The summed E-state index contributed by atoms with van der Waals surface area (Å²) in [7, 11) is 0. The SMILES string of the molecule is CCC(OC(=O)c1ccccc1-c1nc2ccccc2o1)C(=O)Nc1sc2c(c1C#N)CCC(c1ccccc1)C2. The van der Waals surface area contributed by atoms with Gasteiger partial charge in [0.05, 0.1) is 16.7 Å². The normalized spacial score (nSPS) is 15.1. The van der Waals surface area contributed by atoms with Crippen molar-refractivity contribution in [2.45, 2.75) is 44.6 Å². The molecule has 0 saturated carbocycles. The van der Waals surface area contributed by atoms with E-state index >= 15 is 0 Å². The van der Waals surface area contributed by atoms with Crippen LogP contribution in [0.4, 0.5) is 5.00 Å². The van der Waals surface area contributed by atoms with Crippen LogP contribution in [0.2, 0.25) is 0 Å². The van der Waals surface area contributed by atoms with Crippen molar-refractivity contribution in [3.8, 4) is 17.5 Å². The first-order chi connectivity index (χ1) is 20.1. The fourth-order valence-corrected chi connectivity index (χ4v) is 6.63. The summed E-state index contributed by atoms with van der Waals surface area (Å²) in [5, 5.41) is 13.4. The molecule has 41 heavy (non-hydrogen) atoms. The van der Waals surface area contributed by atoms with E-state index in [1.54, 1.807) is 31.2 Å². The highest BCUT2D eigenvalue weighted by Crippen LogP contribution is 2.42. The minimum atomic E-state index is -1.04. The number of oxazole rings is 1. The molecule has 1 aliphatic carbocycles. The maximum absolute atomic E-state index is 13.3. The topological polar surface area (TPSA) is 105 Å². The predicted octanol–water partition coefficient (Wildman–Crippen LogP) is 7.27. The van der Waals surface area contributed by atoms with E-state index in [-0.39, 0.29) is 12.0 Å². The standard InChI is InChI=1S/C33H27N3O4S/c1-2-27(40-33(38)24-13-7-6-12-23(24)31-35-26-14-8-9-15-28(26)39-31)30(37)36-32-25(19-34)22-17-16-21(18-29(22)41-32)20-10-4-3-5-11-20/h3-15,21,27H,2,16-18H2,1H3,(H,36,37). The number of hydrogen-bond donors (Lipinski definition) is 1. The molecule has 2 aromatic heterocycles. The Balaban J connectivity index is 1.20. The smallest absolute Gasteiger partial charge is 0.339 e. The zero-order chi connectivity index (χ0) is 28.3. The Morgan fingerprint density at radius 3 is 2.63 bits per heavy atom. The number of carbonyl (C=O) groups excluding carboxylic acids is 2. The van der Waals surface area contributed by atoms with E-state index in [9.17, 15) is 14.9 Å². The number of nitriles is 1. The van der Waals surface area contributed by atoms with Gasteiger partial charge in [0.1, 0.15) is 16.6 Å². The molecular formula is C33H27N3O4S. The zero-order valence-electron chi connectivity index (χ0n) is 22.4. The third kappa shape index (κ3) is 5.24. The van der Waals surface area contributed by atoms with Crippen molar-refractivity contribution in [3.05, 3.63) is 106 Å². The van der Waals surface area contributed by atoms with Gasteiger partial charge in [-0.15, -0.1) is 11.3 Å². The van der Waals surface area contributed by atoms with Crippen molar-refractivity contribution in [2.24, 2.45) is 0 Å². The molecule has 8 heteroatoms. The minimum absolute atomic E-state index is 0.251. The monoisotopic (exact) mass is 561 g/mol. The molecule has 0 fully saturated rings. The predicted molar refractivity (Wildman–Crippen MR) is 158 cm³/mol. The van der Waals surface area contributed by atoms with Crippen molar-refractivity contribution >= 4 is 39.3 Å². The third-order valence-corrected chi connectivity index (χ3v) is 8.64. The molecule has 3 aromatic carbocycles. The minimum Gasteiger partial charge on any atom is -0.449 e. The number of fused-ring (bicyclic) bond motifs is 2. The summed E-state index contributed by atoms with van der Waals surface area (Å²) in [5.74, 6) is -0.438. The molecule has 204 valence electrons. The molecule has 1 aliphatic rings. The molecule has 6 rings (SSSR count). The number of ether oxygens (including phenoxy) is 1. The fourth-order valence-electron chi connectivity index (χ4n) is 5.34. The number of thiophene rings is 1. The van der Waals surface area contributed by atoms with Gasteiger partial charge in [0, 0.05) is 4.88 Å². The average Bonchev–Trinajstić information content (AvgIpc) is 3.60. The summed E-state index contributed by atoms with van der Waals surface area (Å²) in [5.41, 5.74) is 4.82. The van der Waals surface area contributed by atoms with Gasteiger partial charge in [0.2, 0.25) is 5.89 Å². The molecular weight excluding hydrogens is 534 g/mol. The van der Waals surface area contributed by atoms with Crippen molar-refractivity contribution in [1.29, 1.82) is 5.26 Å². The van der Waals surface area contributed by atoms with E-state index in [0.29, 0.717) is 39.0 Å². The van der Waals surface area contributed by atoms with Crippen LogP contribution in [0.25, 0.3) is 22.6 Å². The van der Waals surface area contributed by atoms with E-state index in [0.717, 1.165) is 29.7 Å². The fraction of sp³-hybridized carbons (Fsp3) is 0.212. The lowest BCUT2D eigenvalue weighted by Gasteiger charge is -2.22. The Bertz CT molecular complexity index is 1750. The highest BCUT2D eigenvalue weighted by Gasteiger charge is 2.30. The highest BCUT2D eigenvalue weighted by molar-refractivity contribution is 7.16. The first kappa shape index (κ1) is 26.5. The van der Waals surface area contributed by atoms with Gasteiger partial charge in [-0.1, -0.05) is 61.5 Å². The number of hydrogen-bond acceptors (Lipinski definition) is 7. The molecule has 1 amide bonds. The molecule has 2 unspecified atom stereocenters. The Morgan fingerprint density at radius 2 is 1.85 bits per heavy atom. The van der Waals surface area contributed by atoms with Crippen LogP contribution < -0.4 is 5.32 Å². The van der Waals surface area contributed by atoms with Crippen molar-refractivity contribution in [1.82, 2.24) is 4.98 Å². The first-order valence-electron chi connectivity index (χ1n) is 13.6. The number of carbonyl (C=O) groups is 2. The van der Waals surface area contributed by atoms with E-state index < -0.39 is 18.0 Å². The second-order valence-electron chi connectivity index (χ2n) is 9.99. The summed E-state index contributed by atoms with van der Waals surface area (Å²) in [6.07, 6.45) is 1.79. The van der Waals surface area contributed by atoms with E-state index in [1.807, 2.05) is 42.5 Å². The number of nitrogens with one attached hydrogen (secondary N) is 1. The van der Waals surface area contributed by atoms with Gasteiger partial charge >= 0.3 is 5.97 Å². The number of benzene rings is 3. The summed E-state index contributed by atoms with van der Waals surface area (Å²) >= 11 is 1.44. The average molecular weight is 562 g/mol. The second kappa shape index (κ2) is 11.4. The van der Waals surface area contributed by atoms with Crippen LogP contribution in [0.3, 0.4) is 0 Å². The Kier molecular flexibility index (Phi) is 7.36. The molecule has 2 heterocycles. The van der Waals surface area contributed by atoms with Gasteiger partial charge in [0.15, 0.2) is 11.7 Å². The van der Waals surface area contributed by atoms with E-state index in [1.165, 1.54) is 16.9 Å². The van der Waals surface area contributed by atoms with Crippen LogP contribution in [0.1, 0.15) is 57.6 Å². The number of amides is 1. The number of aromatic nitrogens is 1. The van der Waals surface area contributed by atoms with E-state index in [4.69, 9.17) is 9.15 Å². The Morgan fingerprint density at radius 1 is 1.10 bits per heavy atom. The van der Waals surface area contributed by atoms with Gasteiger partial charge in [-0.05, 0) is 67.0 Å². The lowest BCUT2D eigenvalue weighted by molar-refractivity contribution is -0.124. The van der Waals surface area contributed by atoms with Crippen LogP contribution in [0.5, 0.6) is 0 Å². The zero-order valence-corrected chi connectivity index (χ0v) is 23.2. The van der Waals surface area contributed by atoms with Gasteiger partial charge in [-0.3, -0.25) is 4.79 Å². The molecule has 0 spiro atoms. The molecule has 7 nitrogen and oxygen atoms in total. The van der Waals surface area contributed by atoms with Crippen LogP contribution in [-0.4, -0.2) is 23.0 Å². The van der Waals surface area contributed by atoms with Gasteiger partial charge < -0.3 is 14.5 Å². The Labute approximate surface area is 241 Å². The summed E-state index contributed by atoms with van der Waals surface area (Å²) < 4.78 is 11.6. The van der Waals surface area contributed by atoms with Crippen LogP contribution >= 0.6 is 11.3 Å². The lowest BCUT2D eigenvalue weighted by atomic mass is 9.83. The third-order valence-electron chi connectivity index (χ3n) is 7.47. The number of rotatable bonds is 7. The largest absolute Gasteiger partial charge is 0.449 e. The number of esters is 1. The van der Waals surface area contributed by atoms with Crippen LogP contribution in [0, 0.1) is 11.3 Å². The number of para-hydroxylation sites is 2. The Hall–Kier alpha value is -4.74. The molecule has 0 saturated heterocycles. The van der Waals surface area contributed by atoms with Gasteiger partial charge in [0.25, 0.3) is 5.91 Å². The van der Waals surface area contributed by atoms with Crippen LogP contribution in [-0.2, 0) is 22.4 Å². The first-order valence-corrected chi connectivity index (χ1v) is 14.4. The molecule has 5 aromatic rings. The molecule has 2 atom stereocenters. The molecule has 0 bridgehead atoms.